The Balaban J connectivity index is 2.08. The molecule has 4 nitrogen and oxygen atoms in total. The second-order valence-electron chi connectivity index (χ2n) is 5.08. The molecule has 1 aliphatic heterocycles. The van der Waals surface area contributed by atoms with Crippen LogP contribution in [0.25, 0.3) is 0 Å². The van der Waals surface area contributed by atoms with Crippen molar-refractivity contribution in [3.63, 3.8) is 0 Å². The van der Waals surface area contributed by atoms with E-state index in [1.54, 1.807) is 0 Å². The van der Waals surface area contributed by atoms with E-state index in [-0.39, 0.29) is 5.54 Å². The summed E-state index contributed by atoms with van der Waals surface area (Å²) in [7, 11) is 0. The van der Waals surface area contributed by atoms with E-state index in [2.05, 4.69) is 36.3 Å². The van der Waals surface area contributed by atoms with Gasteiger partial charge in [0.1, 0.15) is 0 Å². The van der Waals surface area contributed by atoms with E-state index in [0.717, 1.165) is 44.5 Å². The molecular weight excluding hydrogens is 222 g/mol. The van der Waals surface area contributed by atoms with E-state index >= 15 is 0 Å². The maximum absolute atomic E-state index is 5.29. The first-order valence-electron chi connectivity index (χ1n) is 5.83. The Labute approximate surface area is 104 Å². The van der Waals surface area contributed by atoms with Crippen LogP contribution < -0.4 is 10.6 Å². The quantitative estimate of drug-likeness (QED) is 0.712. The number of hydrogen-bond donors (Lipinski definition) is 2. The first-order valence-corrected chi connectivity index (χ1v) is 6.24. The molecule has 1 heterocycles. The molecule has 0 atom stereocenters. The van der Waals surface area contributed by atoms with E-state index < -0.39 is 0 Å². The average Bonchev–Trinajstić information content (AvgIpc) is 2.16. The van der Waals surface area contributed by atoms with E-state index in [1.165, 1.54) is 0 Å². The third-order valence-electron chi connectivity index (χ3n) is 2.31. The molecule has 0 bridgehead atoms. The van der Waals surface area contributed by atoms with Crippen LogP contribution in [0.3, 0.4) is 0 Å². The van der Waals surface area contributed by atoms with Crippen LogP contribution in [0, 0.1) is 0 Å². The predicted octanol–water partition coefficient (Wildman–Crippen LogP) is 0.581. The molecule has 0 radical (unpaired) electrons. The van der Waals surface area contributed by atoms with Crippen molar-refractivity contribution in [1.82, 2.24) is 15.5 Å². The van der Waals surface area contributed by atoms with Crippen LogP contribution in [0.5, 0.6) is 0 Å². The maximum Gasteiger partial charge on any atom is 0.166 e. The fourth-order valence-electron chi connectivity index (χ4n) is 1.54. The predicted molar refractivity (Wildman–Crippen MR) is 70.7 cm³/mol. The summed E-state index contributed by atoms with van der Waals surface area (Å²) in [6.07, 6.45) is 0. The van der Waals surface area contributed by atoms with Crippen LogP contribution in [0.2, 0.25) is 0 Å². The Morgan fingerprint density at radius 2 is 1.94 bits per heavy atom. The summed E-state index contributed by atoms with van der Waals surface area (Å²) >= 11 is 5.20. The van der Waals surface area contributed by atoms with Gasteiger partial charge in [-0.1, -0.05) is 0 Å². The number of morpholine rings is 1. The van der Waals surface area contributed by atoms with Crippen LogP contribution in [-0.2, 0) is 4.74 Å². The number of ether oxygens (including phenoxy) is 1. The van der Waals surface area contributed by atoms with Crippen molar-refractivity contribution in [3.05, 3.63) is 0 Å². The number of nitrogens with one attached hydrogen (secondary N) is 2. The third kappa shape index (κ3) is 6.25. The second-order valence-corrected chi connectivity index (χ2v) is 5.49. The molecule has 0 saturated carbocycles. The first kappa shape index (κ1) is 13.7. The highest BCUT2D eigenvalue weighted by Crippen LogP contribution is 1.98. The van der Waals surface area contributed by atoms with Crippen LogP contribution >= 0.6 is 12.2 Å². The molecule has 0 unspecified atom stereocenters. The highest BCUT2D eigenvalue weighted by molar-refractivity contribution is 7.80. The van der Waals surface area contributed by atoms with Gasteiger partial charge in [0.2, 0.25) is 0 Å². The number of thiocarbonyl (C=S) groups is 1. The SMILES string of the molecule is CC(C)(C)NC(=S)NCCN1CCOCC1. The van der Waals surface area contributed by atoms with Gasteiger partial charge in [-0.25, -0.2) is 0 Å². The average molecular weight is 245 g/mol. The van der Waals surface area contributed by atoms with Crippen molar-refractivity contribution in [3.8, 4) is 0 Å². The molecule has 1 saturated heterocycles. The highest BCUT2D eigenvalue weighted by Gasteiger charge is 2.12. The smallest absolute Gasteiger partial charge is 0.166 e. The zero-order chi connectivity index (χ0) is 12.0. The van der Waals surface area contributed by atoms with E-state index in [9.17, 15) is 0 Å². The summed E-state index contributed by atoms with van der Waals surface area (Å²) in [5, 5.41) is 7.20. The molecule has 1 fully saturated rings. The van der Waals surface area contributed by atoms with Gasteiger partial charge in [-0.2, -0.15) is 0 Å². The molecule has 0 aromatic rings. The van der Waals surface area contributed by atoms with Crippen LogP contribution in [0.4, 0.5) is 0 Å². The minimum Gasteiger partial charge on any atom is -0.379 e. The number of hydrogen-bond acceptors (Lipinski definition) is 3. The molecule has 0 amide bonds. The van der Waals surface area contributed by atoms with E-state index in [4.69, 9.17) is 17.0 Å². The lowest BCUT2D eigenvalue weighted by molar-refractivity contribution is 0.0389. The van der Waals surface area contributed by atoms with Crippen LogP contribution in [-0.4, -0.2) is 54.9 Å². The van der Waals surface area contributed by atoms with Gasteiger partial charge in [-0.05, 0) is 33.0 Å². The molecule has 2 N–H and O–H groups in total. The van der Waals surface area contributed by atoms with Gasteiger partial charge in [0.25, 0.3) is 0 Å². The van der Waals surface area contributed by atoms with Gasteiger partial charge in [0.15, 0.2) is 5.11 Å². The lowest BCUT2D eigenvalue weighted by Gasteiger charge is -2.27. The molecule has 0 aromatic carbocycles. The molecule has 1 aliphatic rings. The summed E-state index contributed by atoms with van der Waals surface area (Å²) in [6.45, 7) is 12.0. The van der Waals surface area contributed by atoms with Crippen molar-refractivity contribution in [1.29, 1.82) is 0 Å². The Kier molecular flexibility index (Phi) is 5.44. The van der Waals surface area contributed by atoms with Gasteiger partial charge < -0.3 is 15.4 Å². The fourth-order valence-corrected chi connectivity index (χ4v) is 1.95. The van der Waals surface area contributed by atoms with Crippen molar-refractivity contribution in [2.75, 3.05) is 39.4 Å². The van der Waals surface area contributed by atoms with Crippen LogP contribution in [0.1, 0.15) is 20.8 Å². The monoisotopic (exact) mass is 245 g/mol. The summed E-state index contributed by atoms with van der Waals surface area (Å²) in [5.41, 5.74) is 0.0308. The van der Waals surface area contributed by atoms with Crippen molar-refractivity contribution < 1.29 is 4.74 Å². The zero-order valence-electron chi connectivity index (χ0n) is 10.5. The Hall–Kier alpha value is -0.390. The van der Waals surface area contributed by atoms with Crippen molar-refractivity contribution in [2.45, 2.75) is 26.3 Å². The van der Waals surface area contributed by atoms with Crippen molar-refractivity contribution in [2.24, 2.45) is 0 Å². The Morgan fingerprint density at radius 3 is 2.50 bits per heavy atom. The second kappa shape index (κ2) is 6.37. The fraction of sp³-hybridized carbons (Fsp3) is 0.909. The third-order valence-corrected chi connectivity index (χ3v) is 2.55. The topological polar surface area (TPSA) is 36.5 Å². The lowest BCUT2D eigenvalue weighted by Crippen LogP contribution is -2.48. The van der Waals surface area contributed by atoms with E-state index in [0.29, 0.717) is 0 Å². The largest absolute Gasteiger partial charge is 0.379 e. The molecule has 1 rings (SSSR count). The molecule has 5 heteroatoms. The first-order chi connectivity index (χ1) is 7.47. The highest BCUT2D eigenvalue weighted by atomic mass is 32.1. The molecule has 0 aromatic heterocycles. The molecule has 16 heavy (non-hydrogen) atoms. The Morgan fingerprint density at radius 1 is 1.31 bits per heavy atom. The summed E-state index contributed by atoms with van der Waals surface area (Å²) in [6, 6.07) is 0. The van der Waals surface area contributed by atoms with Gasteiger partial charge in [-0.15, -0.1) is 0 Å². The minimum absolute atomic E-state index is 0.0308. The number of nitrogens with zero attached hydrogens (tertiary/aromatic N) is 1. The summed E-state index contributed by atoms with van der Waals surface area (Å²) < 4.78 is 5.29. The Bertz CT molecular complexity index is 222. The van der Waals surface area contributed by atoms with Crippen LogP contribution in [0.15, 0.2) is 0 Å². The summed E-state index contributed by atoms with van der Waals surface area (Å²) in [4.78, 5) is 2.39. The lowest BCUT2D eigenvalue weighted by atomic mass is 10.1. The van der Waals surface area contributed by atoms with Gasteiger partial charge >= 0.3 is 0 Å². The zero-order valence-corrected chi connectivity index (χ0v) is 11.3. The van der Waals surface area contributed by atoms with Crippen molar-refractivity contribution >= 4 is 17.3 Å². The molecular formula is C11H23N3OS. The standard InChI is InChI=1S/C11H23N3OS/c1-11(2,3)13-10(16)12-4-5-14-6-8-15-9-7-14/h4-9H2,1-3H3,(H2,12,13,16). The normalized spacial score (nSPS) is 18.2. The van der Waals surface area contributed by atoms with Gasteiger partial charge in [0.05, 0.1) is 13.2 Å². The number of rotatable bonds is 3. The minimum atomic E-state index is 0.0308. The van der Waals surface area contributed by atoms with Gasteiger partial charge in [-0.3, -0.25) is 4.90 Å². The molecule has 94 valence electrons. The molecule has 0 spiro atoms. The maximum atomic E-state index is 5.29. The van der Waals surface area contributed by atoms with Gasteiger partial charge in [0, 0.05) is 31.7 Å². The summed E-state index contributed by atoms with van der Waals surface area (Å²) in [5.74, 6) is 0. The molecule has 0 aliphatic carbocycles. The van der Waals surface area contributed by atoms with E-state index in [1.807, 2.05) is 0 Å².